The second-order valence-corrected chi connectivity index (χ2v) is 7.20. The van der Waals surface area contributed by atoms with Crippen LogP contribution in [0.2, 0.25) is 0 Å². The number of carbonyl (C=O) groups excluding carboxylic acids is 1. The van der Waals surface area contributed by atoms with Crippen molar-refractivity contribution in [1.29, 1.82) is 0 Å². The summed E-state index contributed by atoms with van der Waals surface area (Å²) in [5, 5.41) is 0. The van der Waals surface area contributed by atoms with Gasteiger partial charge in [0.25, 0.3) is 0 Å². The summed E-state index contributed by atoms with van der Waals surface area (Å²) in [6.07, 6.45) is 6.06. The number of benzene rings is 1. The van der Waals surface area contributed by atoms with Crippen LogP contribution in [-0.2, 0) is 14.3 Å². The van der Waals surface area contributed by atoms with Gasteiger partial charge in [0.15, 0.2) is 5.79 Å². The zero-order valence-corrected chi connectivity index (χ0v) is 15.3. The van der Waals surface area contributed by atoms with Gasteiger partial charge in [0, 0.05) is 38.3 Å². The van der Waals surface area contributed by atoms with Gasteiger partial charge in [0.05, 0.1) is 25.7 Å². The number of likely N-dealkylation sites (tertiary alicyclic amines) is 1. The highest BCUT2D eigenvalue weighted by Crippen LogP contribution is 2.32. The molecule has 1 aromatic heterocycles. The van der Waals surface area contributed by atoms with E-state index in [1.807, 2.05) is 41.6 Å². The molecule has 0 N–H and O–H groups in total. The van der Waals surface area contributed by atoms with Gasteiger partial charge in [-0.05, 0) is 30.2 Å². The Morgan fingerprint density at radius 3 is 2.38 bits per heavy atom. The lowest BCUT2D eigenvalue weighted by atomic mass is 9.97. The fraction of sp³-hybridized carbons (Fsp3) is 0.476. The fourth-order valence-corrected chi connectivity index (χ4v) is 4.07. The van der Waals surface area contributed by atoms with Crippen molar-refractivity contribution in [2.75, 3.05) is 26.3 Å². The van der Waals surface area contributed by atoms with E-state index in [0.717, 1.165) is 12.8 Å². The summed E-state index contributed by atoms with van der Waals surface area (Å²) in [5.74, 6) is -0.244. The van der Waals surface area contributed by atoms with Crippen molar-refractivity contribution in [2.45, 2.75) is 38.0 Å². The van der Waals surface area contributed by atoms with E-state index in [2.05, 4.69) is 23.6 Å². The van der Waals surface area contributed by atoms with Crippen molar-refractivity contribution >= 4 is 5.91 Å². The molecule has 5 heteroatoms. The fourth-order valence-electron chi connectivity index (χ4n) is 4.07. The second-order valence-electron chi connectivity index (χ2n) is 7.20. The second kappa shape index (κ2) is 7.25. The largest absolute Gasteiger partial charge is 0.347 e. The number of aryl methyl sites for hydroxylation is 1. The third kappa shape index (κ3) is 3.41. The van der Waals surface area contributed by atoms with Crippen molar-refractivity contribution in [1.82, 2.24) is 9.47 Å². The Bertz CT molecular complexity index is 740. The van der Waals surface area contributed by atoms with E-state index in [4.69, 9.17) is 9.47 Å². The Balaban J connectivity index is 1.48. The molecule has 2 saturated heterocycles. The molecule has 2 aliphatic rings. The Labute approximate surface area is 154 Å². The predicted molar refractivity (Wildman–Crippen MR) is 98.8 cm³/mol. The smallest absolute Gasteiger partial charge is 0.225 e. The SMILES string of the molecule is Cc1ccccc1C(CC(=O)N1CCC2(CC1)OCCO2)n1cccc1. The average molecular weight is 354 g/mol. The quantitative estimate of drug-likeness (QED) is 0.847. The Morgan fingerprint density at radius 2 is 1.73 bits per heavy atom. The van der Waals surface area contributed by atoms with E-state index >= 15 is 0 Å². The number of aromatic nitrogens is 1. The molecule has 1 atom stereocenters. The van der Waals surface area contributed by atoms with E-state index < -0.39 is 5.79 Å². The minimum atomic E-state index is -0.438. The number of amides is 1. The highest BCUT2D eigenvalue weighted by Gasteiger charge is 2.41. The average Bonchev–Trinajstić information content (AvgIpc) is 3.33. The lowest BCUT2D eigenvalue weighted by Gasteiger charge is -2.38. The molecule has 1 unspecified atom stereocenters. The van der Waals surface area contributed by atoms with Gasteiger partial charge in [-0.3, -0.25) is 4.79 Å². The minimum Gasteiger partial charge on any atom is -0.347 e. The van der Waals surface area contributed by atoms with Crippen molar-refractivity contribution in [3.05, 3.63) is 59.9 Å². The topological polar surface area (TPSA) is 43.7 Å². The van der Waals surface area contributed by atoms with Crippen LogP contribution in [0, 0.1) is 6.92 Å². The van der Waals surface area contributed by atoms with Crippen LogP contribution in [0.15, 0.2) is 48.8 Å². The van der Waals surface area contributed by atoms with Gasteiger partial charge in [-0.1, -0.05) is 24.3 Å². The number of rotatable bonds is 4. The van der Waals surface area contributed by atoms with Crippen LogP contribution in [0.5, 0.6) is 0 Å². The summed E-state index contributed by atoms with van der Waals surface area (Å²) in [5.41, 5.74) is 2.41. The number of hydrogen-bond acceptors (Lipinski definition) is 3. The van der Waals surface area contributed by atoms with Crippen molar-refractivity contribution in [3.8, 4) is 0 Å². The van der Waals surface area contributed by atoms with Crippen LogP contribution in [0.25, 0.3) is 0 Å². The van der Waals surface area contributed by atoms with Crippen molar-refractivity contribution < 1.29 is 14.3 Å². The van der Waals surface area contributed by atoms with Crippen LogP contribution in [0.4, 0.5) is 0 Å². The van der Waals surface area contributed by atoms with Crippen LogP contribution >= 0.6 is 0 Å². The molecule has 1 aromatic carbocycles. The lowest BCUT2D eigenvalue weighted by Crippen LogP contribution is -2.47. The molecule has 1 amide bonds. The van der Waals surface area contributed by atoms with Crippen LogP contribution in [0.3, 0.4) is 0 Å². The molecule has 0 saturated carbocycles. The summed E-state index contributed by atoms with van der Waals surface area (Å²) in [7, 11) is 0. The molecule has 2 aliphatic heterocycles. The Hall–Kier alpha value is -2.11. The van der Waals surface area contributed by atoms with Gasteiger partial charge in [-0.2, -0.15) is 0 Å². The number of hydrogen-bond donors (Lipinski definition) is 0. The highest BCUT2D eigenvalue weighted by molar-refractivity contribution is 5.77. The Kier molecular flexibility index (Phi) is 4.83. The molecule has 3 heterocycles. The molecule has 2 aromatic rings. The van der Waals surface area contributed by atoms with Gasteiger partial charge in [-0.15, -0.1) is 0 Å². The van der Waals surface area contributed by atoms with Crippen molar-refractivity contribution in [2.24, 2.45) is 0 Å². The molecule has 0 aliphatic carbocycles. The summed E-state index contributed by atoms with van der Waals surface area (Å²) in [6, 6.07) is 12.4. The van der Waals surface area contributed by atoms with Crippen LogP contribution in [0.1, 0.15) is 36.4 Å². The number of nitrogens with zero attached hydrogens (tertiary/aromatic N) is 2. The summed E-state index contributed by atoms with van der Waals surface area (Å²) < 4.78 is 13.7. The number of piperidine rings is 1. The first-order chi connectivity index (χ1) is 12.7. The first kappa shape index (κ1) is 17.3. The van der Waals surface area contributed by atoms with E-state index in [0.29, 0.717) is 32.7 Å². The molecule has 5 nitrogen and oxygen atoms in total. The summed E-state index contributed by atoms with van der Waals surface area (Å²) >= 11 is 0. The minimum absolute atomic E-state index is 0.0218. The molecule has 4 rings (SSSR count). The van der Waals surface area contributed by atoms with E-state index in [1.165, 1.54) is 11.1 Å². The van der Waals surface area contributed by atoms with Crippen LogP contribution in [-0.4, -0.2) is 47.5 Å². The van der Waals surface area contributed by atoms with Gasteiger partial charge >= 0.3 is 0 Å². The molecular formula is C21H26N2O3. The third-order valence-corrected chi connectivity index (χ3v) is 5.59. The van der Waals surface area contributed by atoms with Crippen LogP contribution < -0.4 is 0 Å². The number of ether oxygens (including phenoxy) is 2. The Morgan fingerprint density at radius 1 is 1.08 bits per heavy atom. The number of carbonyl (C=O) groups is 1. The van der Waals surface area contributed by atoms with Gasteiger partial charge < -0.3 is 18.9 Å². The van der Waals surface area contributed by atoms with E-state index in [1.54, 1.807) is 0 Å². The molecule has 0 bridgehead atoms. The maximum absolute atomic E-state index is 13.0. The highest BCUT2D eigenvalue weighted by atomic mass is 16.7. The van der Waals surface area contributed by atoms with Gasteiger partial charge in [0.2, 0.25) is 5.91 Å². The maximum atomic E-state index is 13.0. The first-order valence-electron chi connectivity index (χ1n) is 9.41. The molecule has 0 radical (unpaired) electrons. The van der Waals surface area contributed by atoms with E-state index in [-0.39, 0.29) is 11.9 Å². The molecular weight excluding hydrogens is 328 g/mol. The standard InChI is InChI=1S/C21H26N2O3/c1-17-6-2-3-7-18(17)19(22-10-4-5-11-22)16-20(24)23-12-8-21(9-13-23)25-14-15-26-21/h2-7,10-11,19H,8-9,12-16H2,1H3. The van der Waals surface area contributed by atoms with Gasteiger partial charge in [-0.25, -0.2) is 0 Å². The summed E-state index contributed by atoms with van der Waals surface area (Å²) in [4.78, 5) is 15.0. The lowest BCUT2D eigenvalue weighted by molar-refractivity contribution is -0.187. The molecule has 138 valence electrons. The summed E-state index contributed by atoms with van der Waals surface area (Å²) in [6.45, 7) is 4.83. The van der Waals surface area contributed by atoms with Crippen molar-refractivity contribution in [3.63, 3.8) is 0 Å². The van der Waals surface area contributed by atoms with E-state index in [9.17, 15) is 4.79 Å². The maximum Gasteiger partial charge on any atom is 0.225 e. The molecule has 2 fully saturated rings. The predicted octanol–water partition coefficient (Wildman–Crippen LogP) is 3.14. The normalized spacial score (nSPS) is 20.4. The first-order valence-corrected chi connectivity index (χ1v) is 9.41. The zero-order valence-electron chi connectivity index (χ0n) is 15.3. The van der Waals surface area contributed by atoms with Gasteiger partial charge in [0.1, 0.15) is 0 Å². The zero-order chi connectivity index (χ0) is 18.0. The third-order valence-electron chi connectivity index (χ3n) is 5.59. The monoisotopic (exact) mass is 354 g/mol. The molecule has 26 heavy (non-hydrogen) atoms. The molecule has 1 spiro atoms.